The third kappa shape index (κ3) is 3.07. The molecule has 7 nitrogen and oxygen atoms in total. The average Bonchev–Trinajstić information content (AvgIpc) is 3.00. The zero-order chi connectivity index (χ0) is 17.4. The van der Waals surface area contributed by atoms with Crippen molar-refractivity contribution < 1.29 is 14.3 Å². The summed E-state index contributed by atoms with van der Waals surface area (Å²) < 4.78 is 4.68. The largest absolute Gasteiger partial charge is 0.464 e. The standard InChI is InChI=1S/C17H20N4O3S/c1-24-15(23)12-6-10(8-19-12)13-9-25-16(20-13)21-14(22)11-7-17(11)2-4-18-5-3-17/h6,8-9,11,18-19H,2-5,7H2,1H3,(H,20,21,22). The van der Waals surface area contributed by atoms with E-state index >= 15 is 0 Å². The van der Waals surface area contributed by atoms with Crippen LogP contribution in [0.3, 0.4) is 0 Å². The molecule has 1 atom stereocenters. The Morgan fingerprint density at radius 3 is 2.96 bits per heavy atom. The zero-order valence-electron chi connectivity index (χ0n) is 13.9. The fourth-order valence-electron chi connectivity index (χ4n) is 3.62. The number of thiazole rings is 1. The highest BCUT2D eigenvalue weighted by atomic mass is 32.1. The molecule has 8 heteroatoms. The lowest BCUT2D eigenvalue weighted by Gasteiger charge is -2.22. The first-order valence-corrected chi connectivity index (χ1v) is 9.23. The number of esters is 1. The van der Waals surface area contributed by atoms with E-state index in [9.17, 15) is 9.59 Å². The van der Waals surface area contributed by atoms with Gasteiger partial charge in [-0.3, -0.25) is 4.79 Å². The number of aromatic amines is 1. The van der Waals surface area contributed by atoms with Crippen LogP contribution in [0.2, 0.25) is 0 Å². The predicted octanol–water partition coefficient (Wildman–Crippen LogP) is 2.25. The van der Waals surface area contributed by atoms with E-state index in [1.54, 1.807) is 12.3 Å². The first-order chi connectivity index (χ1) is 12.1. The molecule has 1 aliphatic carbocycles. The molecule has 1 unspecified atom stereocenters. The number of methoxy groups -OCH3 is 1. The molecule has 1 saturated carbocycles. The van der Waals surface area contributed by atoms with Crippen molar-refractivity contribution in [2.45, 2.75) is 19.3 Å². The van der Waals surface area contributed by atoms with E-state index in [-0.39, 0.29) is 17.2 Å². The lowest BCUT2D eigenvalue weighted by molar-refractivity contribution is -0.118. The van der Waals surface area contributed by atoms with Crippen molar-refractivity contribution in [2.24, 2.45) is 11.3 Å². The molecular formula is C17H20N4O3S. The normalized spacial score (nSPS) is 21.1. The minimum Gasteiger partial charge on any atom is -0.464 e. The van der Waals surface area contributed by atoms with E-state index in [0.29, 0.717) is 10.8 Å². The van der Waals surface area contributed by atoms with Gasteiger partial charge in [0.15, 0.2) is 5.13 Å². The molecular weight excluding hydrogens is 340 g/mol. The summed E-state index contributed by atoms with van der Waals surface area (Å²) in [6.45, 7) is 2.00. The summed E-state index contributed by atoms with van der Waals surface area (Å²) >= 11 is 1.39. The Balaban J connectivity index is 1.41. The van der Waals surface area contributed by atoms with E-state index in [1.165, 1.54) is 18.4 Å². The smallest absolute Gasteiger partial charge is 0.354 e. The van der Waals surface area contributed by atoms with Crippen LogP contribution in [-0.4, -0.2) is 42.0 Å². The summed E-state index contributed by atoms with van der Waals surface area (Å²) in [6, 6.07) is 1.69. The van der Waals surface area contributed by atoms with E-state index in [4.69, 9.17) is 0 Å². The number of amides is 1. The van der Waals surface area contributed by atoms with Crippen molar-refractivity contribution in [3.63, 3.8) is 0 Å². The highest BCUT2D eigenvalue weighted by Gasteiger charge is 2.57. The van der Waals surface area contributed by atoms with Gasteiger partial charge in [0.05, 0.1) is 12.8 Å². The molecule has 1 spiro atoms. The van der Waals surface area contributed by atoms with E-state index < -0.39 is 5.97 Å². The van der Waals surface area contributed by atoms with Crippen LogP contribution in [0, 0.1) is 11.3 Å². The molecule has 2 aliphatic rings. The minimum atomic E-state index is -0.420. The van der Waals surface area contributed by atoms with Crippen LogP contribution >= 0.6 is 11.3 Å². The van der Waals surface area contributed by atoms with Gasteiger partial charge in [-0.15, -0.1) is 11.3 Å². The maximum absolute atomic E-state index is 12.5. The van der Waals surface area contributed by atoms with Gasteiger partial charge in [0.25, 0.3) is 0 Å². The number of carbonyl (C=O) groups excluding carboxylic acids is 2. The van der Waals surface area contributed by atoms with Crippen molar-refractivity contribution in [1.82, 2.24) is 15.3 Å². The van der Waals surface area contributed by atoms with Crippen molar-refractivity contribution in [1.29, 1.82) is 0 Å². The molecule has 132 valence electrons. The van der Waals surface area contributed by atoms with Crippen LogP contribution in [0.15, 0.2) is 17.6 Å². The SMILES string of the molecule is COC(=O)c1cc(-c2csc(NC(=O)C3CC34CCNCC4)n2)c[nH]1. The minimum absolute atomic E-state index is 0.0760. The van der Waals surface area contributed by atoms with Gasteiger partial charge in [-0.1, -0.05) is 0 Å². The van der Waals surface area contributed by atoms with Crippen LogP contribution in [-0.2, 0) is 9.53 Å². The lowest BCUT2D eigenvalue weighted by Crippen LogP contribution is -2.31. The molecule has 3 N–H and O–H groups in total. The van der Waals surface area contributed by atoms with Crippen molar-refractivity contribution in [3.8, 4) is 11.3 Å². The topological polar surface area (TPSA) is 96.1 Å². The molecule has 2 aromatic rings. The monoisotopic (exact) mass is 360 g/mol. The Kier molecular flexibility index (Phi) is 4.09. The van der Waals surface area contributed by atoms with Crippen molar-refractivity contribution >= 4 is 28.3 Å². The summed E-state index contributed by atoms with van der Waals surface area (Å²) in [5.74, 6) is -0.233. The highest BCUT2D eigenvalue weighted by molar-refractivity contribution is 7.14. The Labute approximate surface area is 149 Å². The number of ether oxygens (including phenoxy) is 1. The summed E-state index contributed by atoms with van der Waals surface area (Å²) in [5.41, 5.74) is 2.10. The second-order valence-electron chi connectivity index (χ2n) is 6.69. The summed E-state index contributed by atoms with van der Waals surface area (Å²) in [6.07, 6.45) is 4.85. The fourth-order valence-corrected chi connectivity index (χ4v) is 4.34. The summed E-state index contributed by atoms with van der Waals surface area (Å²) in [7, 11) is 1.34. The van der Waals surface area contributed by atoms with Crippen LogP contribution in [0.4, 0.5) is 5.13 Å². The van der Waals surface area contributed by atoms with Crippen LogP contribution in [0.25, 0.3) is 11.3 Å². The number of piperidine rings is 1. The van der Waals surface area contributed by atoms with Crippen molar-refractivity contribution in [2.75, 3.05) is 25.5 Å². The molecule has 0 radical (unpaired) electrons. The molecule has 0 aromatic carbocycles. The zero-order valence-corrected chi connectivity index (χ0v) is 14.7. The number of anilines is 1. The number of nitrogens with zero attached hydrogens (tertiary/aromatic N) is 1. The molecule has 2 aromatic heterocycles. The number of aromatic nitrogens is 2. The van der Waals surface area contributed by atoms with E-state index in [1.807, 2.05) is 5.38 Å². The number of rotatable bonds is 4. The van der Waals surface area contributed by atoms with Gasteiger partial charge < -0.3 is 20.4 Å². The van der Waals surface area contributed by atoms with Crippen LogP contribution in [0.1, 0.15) is 29.8 Å². The third-order valence-electron chi connectivity index (χ3n) is 5.22. The van der Waals surface area contributed by atoms with Gasteiger partial charge in [0.2, 0.25) is 5.91 Å². The first-order valence-electron chi connectivity index (χ1n) is 8.35. The molecule has 0 bridgehead atoms. The van der Waals surface area contributed by atoms with Gasteiger partial charge in [-0.25, -0.2) is 9.78 Å². The van der Waals surface area contributed by atoms with Gasteiger partial charge in [-0.05, 0) is 43.8 Å². The summed E-state index contributed by atoms with van der Waals surface area (Å²) in [4.78, 5) is 31.3. The lowest BCUT2D eigenvalue weighted by atomic mass is 9.92. The molecule has 3 heterocycles. The predicted molar refractivity (Wildman–Crippen MR) is 94.5 cm³/mol. The molecule has 25 heavy (non-hydrogen) atoms. The highest BCUT2D eigenvalue weighted by Crippen LogP contribution is 2.58. The number of nitrogens with one attached hydrogen (secondary N) is 3. The second kappa shape index (κ2) is 6.27. The van der Waals surface area contributed by atoms with Gasteiger partial charge in [-0.2, -0.15) is 0 Å². The summed E-state index contributed by atoms with van der Waals surface area (Å²) in [5, 5.41) is 8.76. The number of hydrogen-bond acceptors (Lipinski definition) is 6. The Hall–Kier alpha value is -2.19. The molecule has 1 saturated heterocycles. The fraction of sp³-hybridized carbons (Fsp3) is 0.471. The Morgan fingerprint density at radius 2 is 2.20 bits per heavy atom. The van der Waals surface area contributed by atoms with Crippen LogP contribution in [0.5, 0.6) is 0 Å². The number of hydrogen-bond donors (Lipinski definition) is 3. The Morgan fingerprint density at radius 1 is 1.40 bits per heavy atom. The molecule has 1 aliphatic heterocycles. The molecule has 2 fully saturated rings. The number of H-pyrrole nitrogens is 1. The van der Waals surface area contributed by atoms with Gasteiger partial charge in [0.1, 0.15) is 5.69 Å². The van der Waals surface area contributed by atoms with Gasteiger partial charge in [0, 0.05) is 23.1 Å². The van der Waals surface area contributed by atoms with Crippen molar-refractivity contribution in [3.05, 3.63) is 23.3 Å². The second-order valence-corrected chi connectivity index (χ2v) is 7.55. The quantitative estimate of drug-likeness (QED) is 0.727. The first kappa shape index (κ1) is 16.3. The molecule has 1 amide bonds. The van der Waals surface area contributed by atoms with Gasteiger partial charge >= 0.3 is 5.97 Å². The van der Waals surface area contributed by atoms with E-state index in [2.05, 4.69) is 25.3 Å². The maximum Gasteiger partial charge on any atom is 0.354 e. The maximum atomic E-state index is 12.5. The molecule has 4 rings (SSSR count). The van der Waals surface area contributed by atoms with E-state index in [0.717, 1.165) is 43.6 Å². The third-order valence-corrected chi connectivity index (χ3v) is 5.98. The Bertz CT molecular complexity index is 806. The average molecular weight is 360 g/mol. The number of carbonyl (C=O) groups is 2. The van der Waals surface area contributed by atoms with Crippen LogP contribution < -0.4 is 10.6 Å².